The monoisotopic (exact) mass is 370 g/mol. The standard InChI is InChI=1S/C19H22N4O2S/c24-15-8-9-16(25)23(15)12-6-4-11(5-7-12)22-18-17-13-2-1-3-14(13)26-19(17)21-10-20-18/h10-12H,1-9H2,(H,20,21,22). The highest BCUT2D eigenvalue weighted by Gasteiger charge is 2.37. The number of likely N-dealkylation sites (tertiary alicyclic amines) is 1. The van der Waals surface area contributed by atoms with Crippen molar-refractivity contribution >= 4 is 39.2 Å². The van der Waals surface area contributed by atoms with Gasteiger partial charge in [-0.25, -0.2) is 9.97 Å². The van der Waals surface area contributed by atoms with Crippen LogP contribution in [0.2, 0.25) is 0 Å². The molecular weight excluding hydrogens is 348 g/mol. The maximum absolute atomic E-state index is 12.0. The predicted octanol–water partition coefficient (Wildman–Crippen LogP) is 3.05. The number of hydrogen-bond donors (Lipinski definition) is 1. The number of fused-ring (bicyclic) bond motifs is 3. The zero-order chi connectivity index (χ0) is 17.7. The Hall–Kier alpha value is -2.02. The molecule has 1 saturated carbocycles. The molecule has 0 aromatic carbocycles. The van der Waals surface area contributed by atoms with Gasteiger partial charge >= 0.3 is 0 Å². The van der Waals surface area contributed by atoms with Crippen LogP contribution in [0.25, 0.3) is 10.2 Å². The predicted molar refractivity (Wildman–Crippen MR) is 100 cm³/mol. The number of anilines is 1. The molecule has 7 heteroatoms. The lowest BCUT2D eigenvalue weighted by Crippen LogP contribution is -2.43. The number of aromatic nitrogens is 2. The summed E-state index contributed by atoms with van der Waals surface area (Å²) in [5.74, 6) is 0.988. The molecule has 2 aromatic rings. The molecule has 2 amide bonds. The van der Waals surface area contributed by atoms with Crippen LogP contribution in [-0.2, 0) is 22.4 Å². The summed E-state index contributed by atoms with van der Waals surface area (Å²) >= 11 is 1.81. The minimum absolute atomic E-state index is 0.0118. The summed E-state index contributed by atoms with van der Waals surface area (Å²) in [7, 11) is 0. The van der Waals surface area contributed by atoms with E-state index in [1.165, 1.54) is 33.6 Å². The van der Waals surface area contributed by atoms with Crippen LogP contribution in [-0.4, -0.2) is 38.8 Å². The molecule has 3 aliphatic rings. The Kier molecular flexibility index (Phi) is 3.92. The molecule has 1 saturated heterocycles. The van der Waals surface area contributed by atoms with E-state index in [1.54, 1.807) is 6.33 Å². The average molecular weight is 370 g/mol. The van der Waals surface area contributed by atoms with Gasteiger partial charge < -0.3 is 5.32 Å². The molecule has 3 heterocycles. The van der Waals surface area contributed by atoms with Crippen LogP contribution in [0, 0.1) is 0 Å². The third-order valence-electron chi connectivity index (χ3n) is 5.99. The van der Waals surface area contributed by atoms with Gasteiger partial charge in [0.05, 0.1) is 5.39 Å². The summed E-state index contributed by atoms with van der Waals surface area (Å²) < 4.78 is 0. The largest absolute Gasteiger partial charge is 0.367 e. The van der Waals surface area contributed by atoms with E-state index in [1.807, 2.05) is 11.3 Å². The van der Waals surface area contributed by atoms with E-state index in [4.69, 9.17) is 0 Å². The number of carbonyl (C=O) groups excluding carboxylic acids is 2. The maximum Gasteiger partial charge on any atom is 0.229 e. The minimum Gasteiger partial charge on any atom is -0.367 e. The van der Waals surface area contributed by atoms with Crippen molar-refractivity contribution in [3.05, 3.63) is 16.8 Å². The van der Waals surface area contributed by atoms with Gasteiger partial charge in [0, 0.05) is 29.8 Å². The van der Waals surface area contributed by atoms with E-state index in [-0.39, 0.29) is 17.9 Å². The van der Waals surface area contributed by atoms with Gasteiger partial charge in [-0.2, -0.15) is 0 Å². The van der Waals surface area contributed by atoms with E-state index in [0.29, 0.717) is 18.9 Å². The van der Waals surface area contributed by atoms with Crippen LogP contribution in [0.5, 0.6) is 0 Å². The third kappa shape index (κ3) is 2.60. The minimum atomic E-state index is 0.0118. The van der Waals surface area contributed by atoms with Gasteiger partial charge in [0.25, 0.3) is 0 Å². The Labute approximate surface area is 156 Å². The Morgan fingerprint density at radius 3 is 2.54 bits per heavy atom. The summed E-state index contributed by atoms with van der Waals surface area (Å²) in [5.41, 5.74) is 1.44. The van der Waals surface area contributed by atoms with Crippen molar-refractivity contribution in [2.24, 2.45) is 0 Å². The van der Waals surface area contributed by atoms with Crippen molar-refractivity contribution < 1.29 is 9.59 Å². The fraction of sp³-hybridized carbons (Fsp3) is 0.579. The number of rotatable bonds is 3. The Balaban J connectivity index is 1.31. The Morgan fingerprint density at radius 2 is 1.77 bits per heavy atom. The summed E-state index contributed by atoms with van der Waals surface area (Å²) in [6.07, 6.45) is 9.63. The lowest BCUT2D eigenvalue weighted by Gasteiger charge is -2.34. The highest BCUT2D eigenvalue weighted by molar-refractivity contribution is 7.19. The molecule has 5 rings (SSSR count). The van der Waals surface area contributed by atoms with Crippen LogP contribution in [0.1, 0.15) is 55.4 Å². The zero-order valence-corrected chi connectivity index (χ0v) is 15.5. The van der Waals surface area contributed by atoms with Crippen LogP contribution < -0.4 is 5.32 Å². The number of amides is 2. The molecule has 2 aromatic heterocycles. The molecule has 1 aliphatic heterocycles. The van der Waals surface area contributed by atoms with Crippen LogP contribution in [0.4, 0.5) is 5.82 Å². The second-order valence-corrected chi connectivity index (χ2v) is 8.65. The maximum atomic E-state index is 12.0. The fourth-order valence-electron chi connectivity index (χ4n) is 4.71. The second-order valence-electron chi connectivity index (χ2n) is 7.57. The van der Waals surface area contributed by atoms with Crippen LogP contribution in [0.3, 0.4) is 0 Å². The van der Waals surface area contributed by atoms with Crippen molar-refractivity contribution in [1.82, 2.24) is 14.9 Å². The summed E-state index contributed by atoms with van der Waals surface area (Å²) in [5, 5.41) is 4.86. The van der Waals surface area contributed by atoms with Crippen molar-refractivity contribution in [2.75, 3.05) is 5.32 Å². The number of aryl methyl sites for hydroxylation is 2. The van der Waals surface area contributed by atoms with Crippen molar-refractivity contribution in [1.29, 1.82) is 0 Å². The second kappa shape index (κ2) is 6.30. The first kappa shape index (κ1) is 16.2. The van der Waals surface area contributed by atoms with Gasteiger partial charge in [-0.15, -0.1) is 11.3 Å². The average Bonchev–Trinajstić information content (AvgIpc) is 3.31. The molecule has 0 bridgehead atoms. The van der Waals surface area contributed by atoms with E-state index in [0.717, 1.165) is 42.8 Å². The number of nitrogens with one attached hydrogen (secondary N) is 1. The number of carbonyl (C=O) groups is 2. The quantitative estimate of drug-likeness (QED) is 0.841. The van der Waals surface area contributed by atoms with Crippen molar-refractivity contribution in [2.45, 2.75) is 69.9 Å². The lowest BCUT2D eigenvalue weighted by atomic mass is 9.90. The summed E-state index contributed by atoms with van der Waals surface area (Å²) in [4.78, 5) is 37.0. The van der Waals surface area contributed by atoms with Crippen molar-refractivity contribution in [3.63, 3.8) is 0 Å². The van der Waals surface area contributed by atoms with Gasteiger partial charge in [0.2, 0.25) is 11.8 Å². The number of thiophene rings is 1. The van der Waals surface area contributed by atoms with Gasteiger partial charge in [-0.3, -0.25) is 14.5 Å². The molecule has 2 fully saturated rings. The first-order chi connectivity index (χ1) is 12.7. The molecule has 136 valence electrons. The van der Waals surface area contributed by atoms with E-state index in [2.05, 4.69) is 15.3 Å². The first-order valence-electron chi connectivity index (χ1n) is 9.57. The van der Waals surface area contributed by atoms with Crippen LogP contribution >= 0.6 is 11.3 Å². The van der Waals surface area contributed by atoms with Gasteiger partial charge in [0.15, 0.2) is 0 Å². The van der Waals surface area contributed by atoms with E-state index in [9.17, 15) is 9.59 Å². The number of nitrogens with zero attached hydrogens (tertiary/aromatic N) is 3. The molecule has 0 atom stereocenters. The molecule has 6 nitrogen and oxygen atoms in total. The highest BCUT2D eigenvalue weighted by atomic mass is 32.1. The van der Waals surface area contributed by atoms with Gasteiger partial charge in [0.1, 0.15) is 17.0 Å². The summed E-state index contributed by atoms with van der Waals surface area (Å²) in [6, 6.07) is 0.431. The molecule has 2 aliphatic carbocycles. The normalized spacial score (nSPS) is 25.9. The van der Waals surface area contributed by atoms with E-state index >= 15 is 0 Å². The fourth-order valence-corrected chi connectivity index (χ4v) is 5.94. The van der Waals surface area contributed by atoms with Crippen molar-refractivity contribution in [3.8, 4) is 0 Å². The summed E-state index contributed by atoms with van der Waals surface area (Å²) in [6.45, 7) is 0. The zero-order valence-electron chi connectivity index (χ0n) is 14.7. The van der Waals surface area contributed by atoms with Gasteiger partial charge in [-0.05, 0) is 50.5 Å². The smallest absolute Gasteiger partial charge is 0.229 e. The first-order valence-corrected chi connectivity index (χ1v) is 10.4. The van der Waals surface area contributed by atoms with Crippen LogP contribution in [0.15, 0.2) is 6.33 Å². The number of hydrogen-bond acceptors (Lipinski definition) is 6. The van der Waals surface area contributed by atoms with Gasteiger partial charge in [-0.1, -0.05) is 0 Å². The Morgan fingerprint density at radius 1 is 1.00 bits per heavy atom. The molecule has 0 spiro atoms. The highest BCUT2D eigenvalue weighted by Crippen LogP contribution is 2.39. The lowest BCUT2D eigenvalue weighted by molar-refractivity contribution is -0.141. The molecule has 0 unspecified atom stereocenters. The third-order valence-corrected chi connectivity index (χ3v) is 7.19. The topological polar surface area (TPSA) is 75.2 Å². The SMILES string of the molecule is O=C1CCC(=O)N1C1CCC(Nc2ncnc3sc4c(c23)CCC4)CC1. The number of imide groups is 1. The molecule has 0 radical (unpaired) electrons. The molecule has 1 N–H and O–H groups in total. The molecule has 26 heavy (non-hydrogen) atoms. The van der Waals surface area contributed by atoms with E-state index < -0.39 is 0 Å². The Bertz CT molecular complexity index is 869. The molecular formula is C19H22N4O2S.